The molecule has 0 heterocycles. The van der Waals surface area contributed by atoms with Crippen LogP contribution in [0.2, 0.25) is 0 Å². The monoisotopic (exact) mass is 240 g/mol. The molecular formula is C12H17FN2O2. The lowest BCUT2D eigenvalue weighted by Crippen LogP contribution is -2.21. The Morgan fingerprint density at radius 1 is 1.53 bits per heavy atom. The molecule has 0 aliphatic rings. The van der Waals surface area contributed by atoms with Gasteiger partial charge in [-0.25, -0.2) is 4.39 Å². The lowest BCUT2D eigenvalue weighted by Gasteiger charge is -2.09. The average molecular weight is 240 g/mol. The van der Waals surface area contributed by atoms with E-state index < -0.39 is 5.82 Å². The van der Waals surface area contributed by atoms with Gasteiger partial charge in [0.1, 0.15) is 0 Å². The Hall–Kier alpha value is -1.46. The molecule has 0 aliphatic heterocycles. The van der Waals surface area contributed by atoms with Gasteiger partial charge in [0, 0.05) is 19.4 Å². The summed E-state index contributed by atoms with van der Waals surface area (Å²) in [5, 5.41) is 0. The van der Waals surface area contributed by atoms with E-state index in [9.17, 15) is 4.39 Å². The fourth-order valence-corrected chi connectivity index (χ4v) is 1.29. The normalized spacial score (nSPS) is 12.9. The SMILES string of the molecule is CCOC(CN)N=Cc1ccc(F)c(OC)c1. The van der Waals surface area contributed by atoms with Crippen LogP contribution in [0.3, 0.4) is 0 Å². The molecule has 94 valence electrons. The molecule has 1 rings (SSSR count). The third kappa shape index (κ3) is 4.13. The van der Waals surface area contributed by atoms with Gasteiger partial charge in [-0.15, -0.1) is 0 Å². The van der Waals surface area contributed by atoms with Crippen molar-refractivity contribution in [1.82, 2.24) is 0 Å². The lowest BCUT2D eigenvalue weighted by molar-refractivity contribution is 0.0762. The van der Waals surface area contributed by atoms with Crippen molar-refractivity contribution in [2.45, 2.75) is 13.2 Å². The van der Waals surface area contributed by atoms with E-state index in [1.165, 1.54) is 13.2 Å². The molecule has 2 N–H and O–H groups in total. The van der Waals surface area contributed by atoms with Gasteiger partial charge in [-0.3, -0.25) is 4.99 Å². The quantitative estimate of drug-likeness (QED) is 0.768. The van der Waals surface area contributed by atoms with Gasteiger partial charge in [0.2, 0.25) is 0 Å². The summed E-state index contributed by atoms with van der Waals surface area (Å²) in [5.41, 5.74) is 6.22. The molecule has 0 aromatic heterocycles. The molecule has 5 heteroatoms. The summed E-state index contributed by atoms with van der Waals surface area (Å²) in [6, 6.07) is 4.51. The first kappa shape index (κ1) is 13.6. The molecule has 0 amide bonds. The minimum absolute atomic E-state index is 0.189. The highest BCUT2D eigenvalue weighted by Gasteiger charge is 2.03. The van der Waals surface area contributed by atoms with Gasteiger partial charge in [-0.1, -0.05) is 6.07 Å². The largest absolute Gasteiger partial charge is 0.494 e. The maximum absolute atomic E-state index is 13.1. The number of halogens is 1. The van der Waals surface area contributed by atoms with Gasteiger partial charge in [-0.05, 0) is 24.6 Å². The van der Waals surface area contributed by atoms with E-state index in [1.807, 2.05) is 6.92 Å². The van der Waals surface area contributed by atoms with Crippen LogP contribution < -0.4 is 10.5 Å². The Kier molecular flexibility index (Phi) is 5.59. The molecule has 0 fully saturated rings. The molecule has 1 atom stereocenters. The van der Waals surface area contributed by atoms with E-state index >= 15 is 0 Å². The van der Waals surface area contributed by atoms with Crippen LogP contribution in [-0.4, -0.2) is 32.7 Å². The van der Waals surface area contributed by atoms with Crippen molar-refractivity contribution in [3.8, 4) is 5.75 Å². The highest BCUT2D eigenvalue weighted by atomic mass is 19.1. The second kappa shape index (κ2) is 6.98. The number of nitrogens with zero attached hydrogens (tertiary/aromatic N) is 1. The number of nitrogens with two attached hydrogens (primary N) is 1. The summed E-state index contributed by atoms with van der Waals surface area (Å²) in [6.07, 6.45) is 1.23. The standard InChI is InChI=1S/C12H17FN2O2/c1-3-17-12(7-14)15-8-9-4-5-10(13)11(6-9)16-2/h4-6,8,12H,3,7,14H2,1-2H3. The van der Waals surface area contributed by atoms with Gasteiger partial charge in [0.25, 0.3) is 0 Å². The highest BCUT2D eigenvalue weighted by molar-refractivity contribution is 5.80. The first-order valence-electron chi connectivity index (χ1n) is 5.39. The second-order valence-corrected chi connectivity index (χ2v) is 3.32. The number of ether oxygens (including phenoxy) is 2. The Morgan fingerprint density at radius 2 is 2.29 bits per heavy atom. The van der Waals surface area contributed by atoms with E-state index in [0.717, 1.165) is 5.56 Å². The summed E-state index contributed by atoms with van der Waals surface area (Å²) >= 11 is 0. The minimum atomic E-state index is -0.398. The summed E-state index contributed by atoms with van der Waals surface area (Å²) in [7, 11) is 1.42. The first-order chi connectivity index (χ1) is 8.21. The van der Waals surface area contributed by atoms with E-state index in [1.54, 1.807) is 18.3 Å². The van der Waals surface area contributed by atoms with Gasteiger partial charge < -0.3 is 15.2 Å². The molecule has 1 aromatic rings. The molecule has 17 heavy (non-hydrogen) atoms. The van der Waals surface area contributed by atoms with Crippen molar-refractivity contribution in [3.05, 3.63) is 29.6 Å². The number of hydrogen-bond acceptors (Lipinski definition) is 4. The predicted molar refractivity (Wildman–Crippen MR) is 65.0 cm³/mol. The third-order valence-electron chi connectivity index (χ3n) is 2.13. The third-order valence-corrected chi connectivity index (χ3v) is 2.13. The van der Waals surface area contributed by atoms with Crippen molar-refractivity contribution < 1.29 is 13.9 Å². The highest BCUT2D eigenvalue weighted by Crippen LogP contribution is 2.17. The number of methoxy groups -OCH3 is 1. The van der Waals surface area contributed by atoms with E-state index in [2.05, 4.69) is 4.99 Å². The van der Waals surface area contributed by atoms with Crippen molar-refractivity contribution in [2.24, 2.45) is 10.7 Å². The van der Waals surface area contributed by atoms with Crippen LogP contribution in [0.25, 0.3) is 0 Å². The minimum Gasteiger partial charge on any atom is -0.494 e. The van der Waals surface area contributed by atoms with Crippen molar-refractivity contribution in [1.29, 1.82) is 0 Å². The summed E-state index contributed by atoms with van der Waals surface area (Å²) < 4.78 is 23.3. The zero-order chi connectivity index (χ0) is 12.7. The first-order valence-corrected chi connectivity index (χ1v) is 5.39. The van der Waals surface area contributed by atoms with Crippen LogP contribution >= 0.6 is 0 Å². The fourth-order valence-electron chi connectivity index (χ4n) is 1.29. The van der Waals surface area contributed by atoms with Crippen LogP contribution in [0, 0.1) is 5.82 Å². The van der Waals surface area contributed by atoms with Gasteiger partial charge >= 0.3 is 0 Å². The summed E-state index contributed by atoms with van der Waals surface area (Å²) in [5.74, 6) is -0.209. The molecule has 1 unspecified atom stereocenters. The van der Waals surface area contributed by atoms with E-state index in [0.29, 0.717) is 13.2 Å². The van der Waals surface area contributed by atoms with Crippen molar-refractivity contribution >= 4 is 6.21 Å². The Bertz CT molecular complexity index is 383. The van der Waals surface area contributed by atoms with Crippen molar-refractivity contribution in [2.75, 3.05) is 20.3 Å². The van der Waals surface area contributed by atoms with Gasteiger partial charge in [0.15, 0.2) is 17.8 Å². The molecule has 4 nitrogen and oxygen atoms in total. The predicted octanol–water partition coefficient (Wildman–Crippen LogP) is 1.57. The van der Waals surface area contributed by atoms with Crippen LogP contribution in [-0.2, 0) is 4.74 Å². The van der Waals surface area contributed by atoms with Crippen molar-refractivity contribution in [3.63, 3.8) is 0 Å². The van der Waals surface area contributed by atoms with Crippen LogP contribution in [0.4, 0.5) is 4.39 Å². The molecule has 0 aliphatic carbocycles. The summed E-state index contributed by atoms with van der Waals surface area (Å²) in [6.45, 7) is 2.73. The Morgan fingerprint density at radius 3 is 2.88 bits per heavy atom. The molecule has 0 saturated heterocycles. The molecule has 0 radical (unpaired) electrons. The van der Waals surface area contributed by atoms with Crippen LogP contribution in [0.1, 0.15) is 12.5 Å². The molecule has 1 aromatic carbocycles. The second-order valence-electron chi connectivity index (χ2n) is 3.32. The van der Waals surface area contributed by atoms with Gasteiger partial charge in [0.05, 0.1) is 7.11 Å². The Balaban J connectivity index is 2.76. The number of rotatable bonds is 6. The van der Waals surface area contributed by atoms with Gasteiger partial charge in [-0.2, -0.15) is 0 Å². The Labute approximate surface area is 100 Å². The maximum Gasteiger partial charge on any atom is 0.165 e. The molecule has 0 spiro atoms. The topological polar surface area (TPSA) is 56.8 Å². The van der Waals surface area contributed by atoms with E-state index in [4.69, 9.17) is 15.2 Å². The fraction of sp³-hybridized carbons (Fsp3) is 0.417. The lowest BCUT2D eigenvalue weighted by atomic mass is 10.2. The summed E-state index contributed by atoms with van der Waals surface area (Å²) in [4.78, 5) is 4.16. The number of aliphatic imine (C=N–C) groups is 1. The molecule has 0 bridgehead atoms. The molecular weight excluding hydrogens is 223 g/mol. The average Bonchev–Trinajstić information content (AvgIpc) is 2.36. The molecule has 0 saturated carbocycles. The smallest absolute Gasteiger partial charge is 0.165 e. The zero-order valence-electron chi connectivity index (χ0n) is 10.0. The maximum atomic E-state index is 13.1. The number of benzene rings is 1. The van der Waals surface area contributed by atoms with E-state index in [-0.39, 0.29) is 12.0 Å². The van der Waals surface area contributed by atoms with Crippen LogP contribution in [0.15, 0.2) is 23.2 Å². The number of hydrogen-bond donors (Lipinski definition) is 1. The van der Waals surface area contributed by atoms with Crippen LogP contribution in [0.5, 0.6) is 5.75 Å². The zero-order valence-corrected chi connectivity index (χ0v) is 10.0.